The average Bonchev–Trinajstić information content (AvgIpc) is 2.29. The van der Waals surface area contributed by atoms with Crippen LogP contribution in [-0.2, 0) is 9.53 Å². The van der Waals surface area contributed by atoms with Gasteiger partial charge >= 0.3 is 5.97 Å². The molecule has 1 aromatic carbocycles. The van der Waals surface area contributed by atoms with Crippen molar-refractivity contribution in [2.75, 3.05) is 13.2 Å². The van der Waals surface area contributed by atoms with Crippen LogP contribution in [0.5, 0.6) is 11.5 Å². The molecule has 0 spiro atoms. The van der Waals surface area contributed by atoms with Gasteiger partial charge in [-0.15, -0.1) is 0 Å². The normalized spacial score (nSPS) is 18.4. The van der Waals surface area contributed by atoms with Crippen LogP contribution in [0.2, 0.25) is 0 Å². The molecule has 0 saturated carbocycles. The van der Waals surface area contributed by atoms with Crippen LogP contribution in [-0.4, -0.2) is 24.3 Å². The van der Waals surface area contributed by atoms with Crippen molar-refractivity contribution in [3.63, 3.8) is 0 Å². The van der Waals surface area contributed by atoms with Crippen LogP contribution in [0.3, 0.4) is 0 Å². The first kappa shape index (κ1) is 10.8. The van der Waals surface area contributed by atoms with Crippen molar-refractivity contribution >= 4 is 5.97 Å². The summed E-state index contributed by atoms with van der Waals surface area (Å²) in [7, 11) is 0. The Morgan fingerprint density at radius 2 is 2.44 bits per heavy atom. The number of carbonyl (C=O) groups excluding carboxylic acids is 1. The van der Waals surface area contributed by atoms with E-state index in [2.05, 4.69) is 0 Å². The molecule has 1 unspecified atom stereocenters. The van der Waals surface area contributed by atoms with Gasteiger partial charge in [0.15, 0.2) is 11.5 Å². The minimum atomic E-state index is -0.323. The first-order chi connectivity index (χ1) is 7.74. The van der Waals surface area contributed by atoms with Crippen molar-refractivity contribution in [3.8, 4) is 11.5 Å². The highest BCUT2D eigenvalue weighted by Gasteiger charge is 2.30. The van der Waals surface area contributed by atoms with Crippen molar-refractivity contribution in [1.82, 2.24) is 0 Å². The van der Waals surface area contributed by atoms with Crippen molar-refractivity contribution in [2.24, 2.45) is 0 Å². The molecule has 1 aliphatic heterocycles. The van der Waals surface area contributed by atoms with Gasteiger partial charge in [0.1, 0.15) is 0 Å². The third kappa shape index (κ3) is 1.83. The summed E-state index contributed by atoms with van der Waals surface area (Å²) < 4.78 is 10.4. The van der Waals surface area contributed by atoms with Crippen LogP contribution in [0.1, 0.15) is 24.8 Å². The lowest BCUT2D eigenvalue weighted by Gasteiger charge is -2.24. The standard InChI is InChI=1S/C12H14O4/c1-2-15-12(14)9-6-7-16-11-8(9)4-3-5-10(11)13/h3-5,9,13H,2,6-7H2,1H3. The van der Waals surface area contributed by atoms with E-state index in [-0.39, 0.29) is 17.6 Å². The zero-order valence-corrected chi connectivity index (χ0v) is 9.10. The Morgan fingerprint density at radius 3 is 3.19 bits per heavy atom. The fourth-order valence-corrected chi connectivity index (χ4v) is 1.90. The summed E-state index contributed by atoms with van der Waals surface area (Å²) in [5.74, 6) is -0.0910. The lowest BCUT2D eigenvalue weighted by atomic mass is 9.93. The molecule has 0 fully saturated rings. The molecule has 2 rings (SSSR count). The minimum absolute atomic E-state index is 0.0755. The summed E-state index contributed by atoms with van der Waals surface area (Å²) in [5.41, 5.74) is 0.713. The summed E-state index contributed by atoms with van der Waals surface area (Å²) in [6.45, 7) is 2.57. The summed E-state index contributed by atoms with van der Waals surface area (Å²) in [5, 5.41) is 9.61. The molecule has 1 aliphatic rings. The van der Waals surface area contributed by atoms with Crippen LogP contribution >= 0.6 is 0 Å². The second-order valence-electron chi connectivity index (χ2n) is 3.64. The van der Waals surface area contributed by atoms with E-state index in [1.54, 1.807) is 25.1 Å². The van der Waals surface area contributed by atoms with Crippen LogP contribution in [0.25, 0.3) is 0 Å². The predicted octanol–water partition coefficient (Wildman–Crippen LogP) is 1.82. The van der Waals surface area contributed by atoms with Crippen molar-refractivity contribution in [1.29, 1.82) is 0 Å². The Hall–Kier alpha value is -1.71. The first-order valence-corrected chi connectivity index (χ1v) is 5.35. The smallest absolute Gasteiger partial charge is 0.313 e. The van der Waals surface area contributed by atoms with Crippen LogP contribution in [0.15, 0.2) is 18.2 Å². The van der Waals surface area contributed by atoms with Gasteiger partial charge < -0.3 is 14.6 Å². The van der Waals surface area contributed by atoms with Gasteiger partial charge in [-0.3, -0.25) is 4.79 Å². The predicted molar refractivity (Wildman–Crippen MR) is 57.6 cm³/mol. The van der Waals surface area contributed by atoms with Gasteiger partial charge in [0.2, 0.25) is 0 Å². The number of phenolic OH excluding ortho intramolecular Hbond substituents is 1. The highest BCUT2D eigenvalue weighted by atomic mass is 16.5. The summed E-state index contributed by atoms with van der Waals surface area (Å²) in [6, 6.07) is 5.04. The Kier molecular flexibility index (Phi) is 2.99. The number of carbonyl (C=O) groups is 1. The number of ether oxygens (including phenoxy) is 2. The number of benzene rings is 1. The minimum Gasteiger partial charge on any atom is -0.504 e. The molecule has 4 nitrogen and oxygen atoms in total. The molecule has 1 atom stereocenters. The van der Waals surface area contributed by atoms with E-state index in [0.717, 1.165) is 0 Å². The Balaban J connectivity index is 2.33. The fraction of sp³-hybridized carbons (Fsp3) is 0.417. The maximum Gasteiger partial charge on any atom is 0.313 e. The summed E-state index contributed by atoms with van der Waals surface area (Å²) >= 11 is 0. The molecule has 0 amide bonds. The zero-order valence-electron chi connectivity index (χ0n) is 9.10. The molecule has 1 aromatic rings. The topological polar surface area (TPSA) is 55.8 Å². The quantitative estimate of drug-likeness (QED) is 0.775. The van der Waals surface area contributed by atoms with Gasteiger partial charge in [0, 0.05) is 5.56 Å². The molecule has 16 heavy (non-hydrogen) atoms. The molecular formula is C12H14O4. The number of fused-ring (bicyclic) bond motifs is 1. The third-order valence-corrected chi connectivity index (χ3v) is 2.62. The highest BCUT2D eigenvalue weighted by molar-refractivity contribution is 5.80. The van der Waals surface area contributed by atoms with Crippen LogP contribution in [0, 0.1) is 0 Å². The van der Waals surface area contributed by atoms with Crippen LogP contribution in [0.4, 0.5) is 0 Å². The molecule has 0 radical (unpaired) electrons. The van der Waals surface area contributed by atoms with Gasteiger partial charge in [0.25, 0.3) is 0 Å². The SMILES string of the molecule is CCOC(=O)C1CCOc2c(O)cccc21. The van der Waals surface area contributed by atoms with E-state index < -0.39 is 0 Å². The number of aromatic hydroxyl groups is 1. The van der Waals surface area contributed by atoms with E-state index in [1.165, 1.54) is 0 Å². The number of hydrogen-bond acceptors (Lipinski definition) is 4. The average molecular weight is 222 g/mol. The second kappa shape index (κ2) is 4.43. The maximum atomic E-state index is 11.7. The summed E-state index contributed by atoms with van der Waals surface area (Å²) in [6.07, 6.45) is 0.593. The Morgan fingerprint density at radius 1 is 1.62 bits per heavy atom. The van der Waals surface area contributed by atoms with Crippen molar-refractivity contribution in [2.45, 2.75) is 19.3 Å². The fourth-order valence-electron chi connectivity index (χ4n) is 1.90. The molecule has 1 N–H and O–H groups in total. The largest absolute Gasteiger partial charge is 0.504 e. The van der Waals surface area contributed by atoms with Gasteiger partial charge in [-0.05, 0) is 19.4 Å². The number of phenols is 1. The monoisotopic (exact) mass is 222 g/mol. The lowest BCUT2D eigenvalue weighted by Crippen LogP contribution is -2.23. The summed E-state index contributed by atoms with van der Waals surface area (Å²) in [4.78, 5) is 11.7. The van der Waals surface area contributed by atoms with Crippen molar-refractivity contribution in [3.05, 3.63) is 23.8 Å². The molecule has 0 bridgehead atoms. The first-order valence-electron chi connectivity index (χ1n) is 5.35. The molecule has 0 saturated heterocycles. The van der Waals surface area contributed by atoms with Gasteiger partial charge in [0.05, 0.1) is 19.1 Å². The second-order valence-corrected chi connectivity index (χ2v) is 3.64. The van der Waals surface area contributed by atoms with E-state index in [9.17, 15) is 9.90 Å². The lowest BCUT2D eigenvalue weighted by molar-refractivity contribution is -0.145. The third-order valence-electron chi connectivity index (χ3n) is 2.62. The molecule has 0 aromatic heterocycles. The van der Waals surface area contributed by atoms with E-state index in [4.69, 9.17) is 9.47 Å². The number of rotatable bonds is 2. The van der Waals surface area contributed by atoms with Gasteiger partial charge in [-0.1, -0.05) is 12.1 Å². The van der Waals surface area contributed by atoms with E-state index >= 15 is 0 Å². The van der Waals surface area contributed by atoms with E-state index in [1.807, 2.05) is 0 Å². The Bertz CT molecular complexity index is 400. The number of esters is 1. The number of para-hydroxylation sites is 1. The number of hydrogen-bond donors (Lipinski definition) is 1. The Labute approximate surface area is 93.8 Å². The maximum absolute atomic E-state index is 11.7. The van der Waals surface area contributed by atoms with Crippen LogP contribution < -0.4 is 4.74 Å². The molecule has 1 heterocycles. The van der Waals surface area contributed by atoms with E-state index in [0.29, 0.717) is 30.9 Å². The highest BCUT2D eigenvalue weighted by Crippen LogP contribution is 2.40. The van der Waals surface area contributed by atoms with Crippen molar-refractivity contribution < 1.29 is 19.4 Å². The molecule has 0 aliphatic carbocycles. The zero-order chi connectivity index (χ0) is 11.5. The molecule has 86 valence electrons. The molecular weight excluding hydrogens is 208 g/mol. The van der Waals surface area contributed by atoms with Gasteiger partial charge in [-0.2, -0.15) is 0 Å². The van der Waals surface area contributed by atoms with Gasteiger partial charge in [-0.25, -0.2) is 0 Å². The molecule has 4 heteroatoms.